The van der Waals surface area contributed by atoms with E-state index < -0.39 is 11.8 Å². The lowest BCUT2D eigenvalue weighted by Crippen LogP contribution is -2.24. The van der Waals surface area contributed by atoms with Crippen LogP contribution in [0.4, 0.5) is 0 Å². The number of rotatable bonds is 3. The second kappa shape index (κ2) is 5.10. The van der Waals surface area contributed by atoms with Crippen LogP contribution in [0, 0.1) is 11.3 Å². The van der Waals surface area contributed by atoms with E-state index in [0.29, 0.717) is 5.56 Å². The molecule has 3 aromatic rings. The first kappa shape index (κ1) is 12.9. The van der Waals surface area contributed by atoms with E-state index in [1.54, 1.807) is 36.8 Å². The van der Waals surface area contributed by atoms with E-state index in [1.165, 1.54) is 0 Å². The van der Waals surface area contributed by atoms with Crippen LogP contribution < -0.4 is 5.73 Å². The number of fused-ring (bicyclic) bond motifs is 1. The highest BCUT2D eigenvalue weighted by Crippen LogP contribution is 2.25. The summed E-state index contributed by atoms with van der Waals surface area (Å²) in [6.07, 6.45) is 3.38. The zero-order chi connectivity index (χ0) is 14.8. The molecular weight excluding hydrogens is 264 g/mol. The third kappa shape index (κ3) is 2.23. The number of nitrogens with two attached hydrogens (primary N) is 1. The van der Waals surface area contributed by atoms with Gasteiger partial charge < -0.3 is 10.1 Å². The SMILES string of the molecule is N#Cc1ccc(C(C(N)=O)c2cccc3cncn23)cc1. The fourth-order valence-corrected chi connectivity index (χ4v) is 2.44. The van der Waals surface area contributed by atoms with Crippen molar-refractivity contribution >= 4 is 11.4 Å². The molecule has 2 heterocycles. The van der Waals surface area contributed by atoms with Gasteiger partial charge in [-0.15, -0.1) is 0 Å². The number of carbonyl (C=O) groups excluding carboxylic acids is 1. The number of carbonyl (C=O) groups is 1. The van der Waals surface area contributed by atoms with E-state index in [0.717, 1.165) is 16.8 Å². The van der Waals surface area contributed by atoms with Crippen LogP contribution in [0.1, 0.15) is 22.7 Å². The Bertz CT molecular complexity index is 843. The first-order chi connectivity index (χ1) is 10.2. The number of nitriles is 1. The van der Waals surface area contributed by atoms with E-state index in [4.69, 9.17) is 11.0 Å². The quantitative estimate of drug-likeness (QED) is 0.792. The molecule has 1 aromatic carbocycles. The van der Waals surface area contributed by atoms with Gasteiger partial charge >= 0.3 is 0 Å². The molecule has 5 heteroatoms. The van der Waals surface area contributed by atoms with Gasteiger partial charge in [0.25, 0.3) is 0 Å². The first-order valence-electron chi connectivity index (χ1n) is 6.41. The zero-order valence-electron chi connectivity index (χ0n) is 11.1. The van der Waals surface area contributed by atoms with Crippen LogP contribution in [-0.4, -0.2) is 15.3 Å². The summed E-state index contributed by atoms with van der Waals surface area (Å²) in [5.41, 5.74) is 8.54. The lowest BCUT2D eigenvalue weighted by Gasteiger charge is -2.16. The maximum absolute atomic E-state index is 11.9. The van der Waals surface area contributed by atoms with Crippen LogP contribution in [0.25, 0.3) is 5.52 Å². The Morgan fingerprint density at radius 3 is 2.67 bits per heavy atom. The molecule has 0 spiro atoms. The van der Waals surface area contributed by atoms with Crippen molar-refractivity contribution in [2.45, 2.75) is 5.92 Å². The molecule has 5 nitrogen and oxygen atoms in total. The Morgan fingerprint density at radius 2 is 2.00 bits per heavy atom. The summed E-state index contributed by atoms with van der Waals surface area (Å²) < 4.78 is 1.84. The molecule has 3 rings (SSSR count). The number of nitrogens with zero attached hydrogens (tertiary/aromatic N) is 3. The van der Waals surface area contributed by atoms with Gasteiger partial charge in [0, 0.05) is 5.69 Å². The topological polar surface area (TPSA) is 84.2 Å². The Morgan fingerprint density at radius 1 is 1.24 bits per heavy atom. The summed E-state index contributed by atoms with van der Waals surface area (Å²) >= 11 is 0. The van der Waals surface area contributed by atoms with Gasteiger partial charge in [-0.2, -0.15) is 5.26 Å². The molecule has 0 saturated carbocycles. The monoisotopic (exact) mass is 276 g/mol. The van der Waals surface area contributed by atoms with Crippen molar-refractivity contribution in [3.8, 4) is 6.07 Å². The fraction of sp³-hybridized carbons (Fsp3) is 0.0625. The Kier molecular flexibility index (Phi) is 3.13. The van der Waals surface area contributed by atoms with Crippen LogP contribution in [0.5, 0.6) is 0 Å². The summed E-state index contributed by atoms with van der Waals surface area (Å²) in [6.45, 7) is 0. The summed E-state index contributed by atoms with van der Waals surface area (Å²) in [5.74, 6) is -1.03. The largest absolute Gasteiger partial charge is 0.369 e. The van der Waals surface area contributed by atoms with Gasteiger partial charge in [0.2, 0.25) is 5.91 Å². The van der Waals surface area contributed by atoms with E-state index in [-0.39, 0.29) is 0 Å². The van der Waals surface area contributed by atoms with Gasteiger partial charge in [-0.05, 0) is 29.8 Å². The Balaban J connectivity index is 2.16. The fourth-order valence-electron chi connectivity index (χ4n) is 2.44. The van der Waals surface area contributed by atoms with E-state index in [9.17, 15) is 4.79 Å². The highest BCUT2D eigenvalue weighted by molar-refractivity contribution is 5.85. The van der Waals surface area contributed by atoms with Gasteiger partial charge in [-0.3, -0.25) is 4.79 Å². The third-order valence-corrected chi connectivity index (χ3v) is 3.43. The van der Waals surface area contributed by atoms with Crippen molar-refractivity contribution < 1.29 is 4.79 Å². The number of primary amides is 1. The lowest BCUT2D eigenvalue weighted by atomic mass is 9.93. The number of pyridine rings is 1. The molecule has 0 aliphatic rings. The maximum Gasteiger partial charge on any atom is 0.230 e. The molecular formula is C16H12N4O. The molecule has 0 saturated heterocycles. The van der Waals surface area contributed by atoms with Crippen molar-refractivity contribution in [2.24, 2.45) is 5.73 Å². The van der Waals surface area contributed by atoms with Crippen LogP contribution in [-0.2, 0) is 4.79 Å². The number of benzene rings is 1. The summed E-state index contributed by atoms with van der Waals surface area (Å²) in [4.78, 5) is 16.0. The van der Waals surface area contributed by atoms with E-state index in [2.05, 4.69) is 11.1 Å². The first-order valence-corrected chi connectivity index (χ1v) is 6.41. The van der Waals surface area contributed by atoms with Gasteiger partial charge in [-0.1, -0.05) is 18.2 Å². The predicted molar refractivity (Wildman–Crippen MR) is 77.4 cm³/mol. The third-order valence-electron chi connectivity index (χ3n) is 3.43. The van der Waals surface area contributed by atoms with Crippen molar-refractivity contribution in [3.05, 3.63) is 71.8 Å². The van der Waals surface area contributed by atoms with E-state index in [1.807, 2.05) is 22.6 Å². The predicted octanol–water partition coefficient (Wildman–Crippen LogP) is 1.82. The highest BCUT2D eigenvalue weighted by atomic mass is 16.1. The van der Waals surface area contributed by atoms with Gasteiger partial charge in [0.1, 0.15) is 5.92 Å². The Labute approximate surface area is 121 Å². The number of amides is 1. The van der Waals surface area contributed by atoms with Crippen molar-refractivity contribution in [2.75, 3.05) is 0 Å². The van der Waals surface area contributed by atoms with Gasteiger partial charge in [0.05, 0.1) is 29.7 Å². The highest BCUT2D eigenvalue weighted by Gasteiger charge is 2.22. The Hall–Kier alpha value is -3.13. The summed E-state index contributed by atoms with van der Waals surface area (Å²) in [5, 5.41) is 8.85. The standard InChI is InChI=1S/C16H12N4O/c17-8-11-4-6-12(7-5-11)15(16(18)21)14-3-1-2-13-9-19-10-20(13)14/h1-7,9-10,15H,(H2,18,21). The lowest BCUT2D eigenvalue weighted by molar-refractivity contribution is -0.118. The van der Waals surface area contributed by atoms with Crippen LogP contribution in [0.2, 0.25) is 0 Å². The molecule has 1 unspecified atom stereocenters. The molecule has 0 bridgehead atoms. The van der Waals surface area contributed by atoms with Crippen molar-refractivity contribution in [3.63, 3.8) is 0 Å². The normalized spacial score (nSPS) is 12.0. The van der Waals surface area contributed by atoms with Crippen LogP contribution in [0.3, 0.4) is 0 Å². The minimum atomic E-state index is -0.587. The number of hydrogen-bond donors (Lipinski definition) is 1. The molecule has 0 aliphatic carbocycles. The molecule has 1 atom stereocenters. The molecule has 0 radical (unpaired) electrons. The second-order valence-corrected chi connectivity index (χ2v) is 4.71. The number of imidazole rings is 1. The maximum atomic E-state index is 11.9. The average molecular weight is 276 g/mol. The zero-order valence-corrected chi connectivity index (χ0v) is 11.1. The van der Waals surface area contributed by atoms with Crippen molar-refractivity contribution in [1.82, 2.24) is 9.38 Å². The molecule has 2 aromatic heterocycles. The molecule has 0 aliphatic heterocycles. The van der Waals surface area contributed by atoms with Gasteiger partial charge in [-0.25, -0.2) is 4.98 Å². The number of aromatic nitrogens is 2. The second-order valence-electron chi connectivity index (χ2n) is 4.71. The molecule has 1 amide bonds. The number of hydrogen-bond acceptors (Lipinski definition) is 3. The van der Waals surface area contributed by atoms with Crippen LogP contribution in [0.15, 0.2) is 55.0 Å². The summed E-state index contributed by atoms with van der Waals surface area (Å²) in [6, 6.07) is 14.5. The van der Waals surface area contributed by atoms with Gasteiger partial charge in [0.15, 0.2) is 0 Å². The summed E-state index contributed by atoms with van der Waals surface area (Å²) in [7, 11) is 0. The molecule has 2 N–H and O–H groups in total. The smallest absolute Gasteiger partial charge is 0.230 e. The van der Waals surface area contributed by atoms with E-state index >= 15 is 0 Å². The van der Waals surface area contributed by atoms with Crippen LogP contribution >= 0.6 is 0 Å². The molecule has 21 heavy (non-hydrogen) atoms. The minimum absolute atomic E-state index is 0.444. The molecule has 0 fully saturated rings. The van der Waals surface area contributed by atoms with Crippen molar-refractivity contribution in [1.29, 1.82) is 5.26 Å². The minimum Gasteiger partial charge on any atom is -0.369 e. The molecule has 102 valence electrons. The average Bonchev–Trinajstić information content (AvgIpc) is 2.97.